The molecule has 0 saturated heterocycles. The Morgan fingerprint density at radius 3 is 2.89 bits per heavy atom. The number of halogens is 1. The Hall–Kier alpha value is -3.06. The highest BCUT2D eigenvalue weighted by molar-refractivity contribution is 6.32. The van der Waals surface area contributed by atoms with Crippen molar-refractivity contribution in [1.29, 1.82) is 0 Å². The van der Waals surface area contributed by atoms with Gasteiger partial charge in [0.25, 0.3) is 5.91 Å². The van der Waals surface area contributed by atoms with E-state index in [9.17, 15) is 4.79 Å². The van der Waals surface area contributed by atoms with Crippen LogP contribution >= 0.6 is 11.6 Å². The third-order valence-corrected chi connectivity index (χ3v) is 4.44. The zero-order valence-corrected chi connectivity index (χ0v) is 15.4. The molecule has 1 aliphatic heterocycles. The summed E-state index contributed by atoms with van der Waals surface area (Å²) in [6.07, 6.45) is 2.39. The van der Waals surface area contributed by atoms with E-state index in [2.05, 4.69) is 15.5 Å². The van der Waals surface area contributed by atoms with Crippen LogP contribution in [0.3, 0.4) is 0 Å². The van der Waals surface area contributed by atoms with E-state index in [1.165, 1.54) is 0 Å². The summed E-state index contributed by atoms with van der Waals surface area (Å²) in [7, 11) is 1.86. The minimum Gasteiger partial charge on any atom is -0.489 e. The van der Waals surface area contributed by atoms with Crippen molar-refractivity contribution in [3.05, 3.63) is 53.3 Å². The number of rotatable bonds is 3. The fourth-order valence-electron chi connectivity index (χ4n) is 2.85. The predicted molar refractivity (Wildman–Crippen MR) is 101 cm³/mol. The van der Waals surface area contributed by atoms with Gasteiger partial charge in [0.1, 0.15) is 6.33 Å². The Balaban J connectivity index is 1.59. The van der Waals surface area contributed by atoms with Crippen LogP contribution in [0.2, 0.25) is 5.02 Å². The van der Waals surface area contributed by atoms with Crippen LogP contribution in [0.25, 0.3) is 11.4 Å². The summed E-state index contributed by atoms with van der Waals surface area (Å²) in [6.45, 7) is 1.06. The molecule has 8 heteroatoms. The molecule has 3 aromatic rings. The second kappa shape index (κ2) is 7.28. The maximum Gasteiger partial charge on any atom is 0.255 e. The van der Waals surface area contributed by atoms with Gasteiger partial charge in [0.05, 0.1) is 18.2 Å². The maximum atomic E-state index is 12.7. The standard InChI is InChI=1S/C19H17ClN4O3/c1-24-11-21-23-18(24)12-4-2-5-14(8-12)22-19(25)13-9-15(20)17-16(10-13)26-6-3-7-27-17/h2,4-5,8-11H,3,6-7H2,1H3,(H,22,25). The smallest absolute Gasteiger partial charge is 0.255 e. The van der Waals surface area contributed by atoms with Gasteiger partial charge in [-0.25, -0.2) is 0 Å². The highest BCUT2D eigenvalue weighted by Crippen LogP contribution is 2.38. The molecule has 2 aromatic carbocycles. The summed E-state index contributed by atoms with van der Waals surface area (Å²) >= 11 is 6.27. The molecular formula is C19H17ClN4O3. The van der Waals surface area contributed by atoms with E-state index in [1.54, 1.807) is 18.5 Å². The van der Waals surface area contributed by atoms with Gasteiger partial charge in [-0.2, -0.15) is 0 Å². The number of amides is 1. The van der Waals surface area contributed by atoms with Crippen molar-refractivity contribution in [2.24, 2.45) is 7.05 Å². The largest absolute Gasteiger partial charge is 0.489 e. The number of benzene rings is 2. The summed E-state index contributed by atoms with van der Waals surface area (Å²) in [6, 6.07) is 10.6. The second-order valence-electron chi connectivity index (χ2n) is 6.14. The second-order valence-corrected chi connectivity index (χ2v) is 6.54. The highest BCUT2D eigenvalue weighted by Gasteiger charge is 2.18. The molecule has 27 heavy (non-hydrogen) atoms. The lowest BCUT2D eigenvalue weighted by molar-refractivity contribution is 0.102. The molecule has 1 aliphatic rings. The van der Waals surface area contributed by atoms with E-state index in [1.807, 2.05) is 35.9 Å². The lowest BCUT2D eigenvalue weighted by Crippen LogP contribution is -2.12. The number of hydrogen-bond acceptors (Lipinski definition) is 5. The summed E-state index contributed by atoms with van der Waals surface area (Å²) in [5.41, 5.74) is 1.89. The van der Waals surface area contributed by atoms with Gasteiger partial charge >= 0.3 is 0 Å². The van der Waals surface area contributed by atoms with Crippen LogP contribution in [0.5, 0.6) is 11.5 Å². The molecule has 7 nitrogen and oxygen atoms in total. The van der Waals surface area contributed by atoms with E-state index in [0.29, 0.717) is 46.8 Å². The number of anilines is 1. The van der Waals surface area contributed by atoms with Crippen molar-refractivity contribution in [1.82, 2.24) is 14.8 Å². The number of hydrogen-bond donors (Lipinski definition) is 1. The summed E-state index contributed by atoms with van der Waals surface area (Å²) in [5, 5.41) is 11.2. The normalized spacial score (nSPS) is 13.1. The average molecular weight is 385 g/mol. The fourth-order valence-corrected chi connectivity index (χ4v) is 3.11. The highest BCUT2D eigenvalue weighted by atomic mass is 35.5. The molecule has 2 heterocycles. The van der Waals surface area contributed by atoms with Gasteiger partial charge in [0.2, 0.25) is 0 Å². The van der Waals surface area contributed by atoms with Crippen LogP contribution in [0.15, 0.2) is 42.7 Å². The number of aromatic nitrogens is 3. The van der Waals surface area contributed by atoms with Crippen molar-refractivity contribution < 1.29 is 14.3 Å². The zero-order valence-electron chi connectivity index (χ0n) is 14.6. The van der Waals surface area contributed by atoms with Gasteiger partial charge in [-0.05, 0) is 24.3 Å². The zero-order chi connectivity index (χ0) is 18.8. The van der Waals surface area contributed by atoms with E-state index in [0.717, 1.165) is 12.0 Å². The van der Waals surface area contributed by atoms with Crippen LogP contribution in [0, 0.1) is 0 Å². The Kier molecular flexibility index (Phi) is 4.68. The first-order valence-corrected chi connectivity index (χ1v) is 8.84. The van der Waals surface area contributed by atoms with E-state index in [4.69, 9.17) is 21.1 Å². The van der Waals surface area contributed by atoms with Gasteiger partial charge in [0.15, 0.2) is 17.3 Å². The Morgan fingerprint density at radius 2 is 2.07 bits per heavy atom. The molecule has 0 atom stereocenters. The molecule has 1 N–H and O–H groups in total. The third-order valence-electron chi connectivity index (χ3n) is 4.15. The van der Waals surface area contributed by atoms with Gasteiger partial charge in [-0.15, -0.1) is 10.2 Å². The minimum atomic E-state index is -0.289. The van der Waals surface area contributed by atoms with Crippen LogP contribution in [0.1, 0.15) is 16.8 Å². The first-order valence-electron chi connectivity index (χ1n) is 8.47. The average Bonchev–Trinajstić information content (AvgIpc) is 2.94. The molecular weight excluding hydrogens is 368 g/mol. The molecule has 0 saturated carbocycles. The van der Waals surface area contributed by atoms with Gasteiger partial charge < -0.3 is 19.4 Å². The SMILES string of the molecule is Cn1cnnc1-c1cccc(NC(=O)c2cc(Cl)c3c(c2)OCCCO3)c1. The summed E-state index contributed by atoms with van der Waals surface area (Å²) in [5.74, 6) is 1.39. The molecule has 1 amide bonds. The Morgan fingerprint density at radius 1 is 1.22 bits per heavy atom. The lowest BCUT2D eigenvalue weighted by Gasteiger charge is -2.12. The molecule has 0 spiro atoms. The van der Waals surface area contributed by atoms with Crippen LogP contribution < -0.4 is 14.8 Å². The van der Waals surface area contributed by atoms with Crippen molar-refractivity contribution in [2.75, 3.05) is 18.5 Å². The number of aryl methyl sites for hydroxylation is 1. The maximum absolute atomic E-state index is 12.7. The summed E-state index contributed by atoms with van der Waals surface area (Å²) in [4.78, 5) is 12.7. The molecule has 0 radical (unpaired) electrons. The van der Waals surface area contributed by atoms with E-state index in [-0.39, 0.29) is 5.91 Å². The number of fused-ring (bicyclic) bond motifs is 1. The van der Waals surface area contributed by atoms with Gasteiger partial charge in [0, 0.05) is 30.3 Å². The molecule has 0 aliphatic carbocycles. The first-order chi connectivity index (χ1) is 13.1. The molecule has 0 unspecified atom stereocenters. The molecule has 0 fully saturated rings. The topological polar surface area (TPSA) is 78.3 Å². The van der Waals surface area contributed by atoms with Crippen molar-refractivity contribution in [2.45, 2.75) is 6.42 Å². The molecule has 138 valence electrons. The molecule has 4 rings (SSSR count). The van der Waals surface area contributed by atoms with Gasteiger partial charge in [-0.1, -0.05) is 23.7 Å². The van der Waals surface area contributed by atoms with Crippen LogP contribution in [-0.4, -0.2) is 33.9 Å². The van der Waals surface area contributed by atoms with Crippen LogP contribution in [0.4, 0.5) is 5.69 Å². The molecule has 0 bridgehead atoms. The Labute approximate surface area is 160 Å². The van der Waals surface area contributed by atoms with Crippen molar-refractivity contribution in [3.63, 3.8) is 0 Å². The van der Waals surface area contributed by atoms with E-state index >= 15 is 0 Å². The van der Waals surface area contributed by atoms with E-state index < -0.39 is 0 Å². The number of nitrogens with zero attached hydrogens (tertiary/aromatic N) is 3. The van der Waals surface area contributed by atoms with Crippen molar-refractivity contribution in [3.8, 4) is 22.9 Å². The number of nitrogens with one attached hydrogen (secondary N) is 1. The summed E-state index contributed by atoms with van der Waals surface area (Å²) < 4.78 is 13.1. The first kappa shape index (κ1) is 17.4. The number of carbonyl (C=O) groups excluding carboxylic acids is 1. The third kappa shape index (κ3) is 3.59. The minimum absolute atomic E-state index is 0.289. The monoisotopic (exact) mass is 384 g/mol. The lowest BCUT2D eigenvalue weighted by atomic mass is 10.1. The van der Waals surface area contributed by atoms with Crippen LogP contribution in [-0.2, 0) is 7.05 Å². The fraction of sp³-hybridized carbons (Fsp3) is 0.211. The number of carbonyl (C=O) groups is 1. The predicted octanol–water partition coefficient (Wildman–Crippen LogP) is 3.55. The Bertz CT molecular complexity index is 1000. The molecule has 1 aromatic heterocycles. The van der Waals surface area contributed by atoms with Crippen molar-refractivity contribution >= 4 is 23.2 Å². The van der Waals surface area contributed by atoms with Gasteiger partial charge in [-0.3, -0.25) is 4.79 Å². The number of ether oxygens (including phenoxy) is 2. The quantitative estimate of drug-likeness (QED) is 0.747.